The number of carbonyl (C=O) groups excluding carboxylic acids is 1. The van der Waals surface area contributed by atoms with E-state index in [0.717, 1.165) is 37.5 Å². The van der Waals surface area contributed by atoms with Crippen LogP contribution in [0, 0.1) is 5.92 Å². The molecule has 2 N–H and O–H groups in total. The third kappa shape index (κ3) is 6.90. The van der Waals surface area contributed by atoms with Crippen LogP contribution in [0.2, 0.25) is 15.1 Å². The monoisotopic (exact) mass is 551 g/mol. The van der Waals surface area contributed by atoms with E-state index >= 15 is 0 Å². The van der Waals surface area contributed by atoms with Crippen molar-refractivity contribution < 1.29 is 13.2 Å². The van der Waals surface area contributed by atoms with E-state index in [0.29, 0.717) is 10.7 Å². The van der Waals surface area contributed by atoms with Gasteiger partial charge in [0.2, 0.25) is 5.91 Å². The predicted octanol–water partition coefficient (Wildman–Crippen LogP) is 6.30. The zero-order chi connectivity index (χ0) is 25.0. The van der Waals surface area contributed by atoms with Gasteiger partial charge in [0.25, 0.3) is 10.0 Å². The number of hydrogen-bond donors (Lipinski definition) is 2. The molecule has 0 spiro atoms. The molecule has 0 radical (unpaired) electrons. The molecule has 0 aliphatic carbocycles. The van der Waals surface area contributed by atoms with Crippen molar-refractivity contribution in [3.63, 3.8) is 0 Å². The van der Waals surface area contributed by atoms with E-state index < -0.39 is 10.0 Å². The second-order valence-electron chi connectivity index (χ2n) is 8.42. The summed E-state index contributed by atoms with van der Waals surface area (Å²) in [5.41, 5.74) is 1.97. The molecule has 1 heterocycles. The van der Waals surface area contributed by atoms with Crippen molar-refractivity contribution in [2.75, 3.05) is 23.1 Å². The van der Waals surface area contributed by atoms with E-state index in [1.165, 1.54) is 29.8 Å². The number of nitrogens with zero attached hydrogens (tertiary/aromatic N) is 1. The minimum atomic E-state index is -3.85. The molecule has 4 rings (SSSR count). The normalized spacial score (nSPS) is 15.1. The van der Waals surface area contributed by atoms with Crippen LogP contribution < -0.4 is 10.0 Å². The lowest BCUT2D eigenvalue weighted by atomic mass is 9.95. The van der Waals surface area contributed by atoms with Crippen molar-refractivity contribution in [2.24, 2.45) is 5.92 Å². The summed E-state index contributed by atoms with van der Waals surface area (Å²) < 4.78 is 27.8. The fourth-order valence-corrected chi connectivity index (χ4v) is 5.66. The third-order valence-electron chi connectivity index (χ3n) is 5.89. The lowest BCUT2D eigenvalue weighted by molar-refractivity contribution is -0.121. The summed E-state index contributed by atoms with van der Waals surface area (Å²) in [6, 6.07) is 18.3. The topological polar surface area (TPSA) is 78.5 Å². The average Bonchev–Trinajstić information content (AvgIpc) is 2.83. The standard InChI is InChI=1S/C25H24Cl3N3O3S/c26-19-3-1-17(2-4-19)16-31-13-11-18(12-14-31)25(32)29-21-6-8-22(9-7-21)35(33,34)30-24-10-5-20(27)15-23(24)28/h1-10,15,18,30H,11-14,16H2,(H,29,32). The first-order valence-electron chi connectivity index (χ1n) is 11.1. The maximum absolute atomic E-state index is 12.8. The van der Waals surface area contributed by atoms with Gasteiger partial charge in [-0.1, -0.05) is 46.9 Å². The first kappa shape index (κ1) is 25.8. The Morgan fingerprint density at radius 1 is 0.886 bits per heavy atom. The summed E-state index contributed by atoms with van der Waals surface area (Å²) in [4.78, 5) is 15.1. The van der Waals surface area contributed by atoms with Gasteiger partial charge in [0, 0.05) is 28.2 Å². The SMILES string of the molecule is O=C(Nc1ccc(S(=O)(=O)Nc2ccc(Cl)cc2Cl)cc1)C1CCN(Cc2ccc(Cl)cc2)CC1. The number of rotatable bonds is 7. The van der Waals surface area contributed by atoms with Crippen LogP contribution in [0.15, 0.2) is 71.6 Å². The number of anilines is 2. The van der Waals surface area contributed by atoms with E-state index in [1.807, 2.05) is 24.3 Å². The first-order valence-corrected chi connectivity index (χ1v) is 13.7. The number of piperidine rings is 1. The molecular weight excluding hydrogens is 529 g/mol. The van der Waals surface area contributed by atoms with Crippen LogP contribution in [0.1, 0.15) is 18.4 Å². The van der Waals surface area contributed by atoms with E-state index in [1.54, 1.807) is 18.2 Å². The second-order valence-corrected chi connectivity index (χ2v) is 11.4. The molecule has 3 aromatic carbocycles. The average molecular weight is 553 g/mol. The highest BCUT2D eigenvalue weighted by Crippen LogP contribution is 2.28. The number of benzene rings is 3. The number of hydrogen-bond acceptors (Lipinski definition) is 4. The second kappa shape index (κ2) is 11.2. The van der Waals surface area contributed by atoms with Crippen LogP contribution >= 0.6 is 34.8 Å². The van der Waals surface area contributed by atoms with Crippen molar-refractivity contribution in [3.05, 3.63) is 87.4 Å². The molecular formula is C25H24Cl3N3O3S. The molecule has 1 saturated heterocycles. The molecule has 184 valence electrons. The van der Waals surface area contributed by atoms with Gasteiger partial charge in [0.05, 0.1) is 15.6 Å². The van der Waals surface area contributed by atoms with Crippen LogP contribution in [0.3, 0.4) is 0 Å². The zero-order valence-corrected chi connectivity index (χ0v) is 21.8. The molecule has 0 atom stereocenters. The summed E-state index contributed by atoms with van der Waals surface area (Å²) in [6.45, 7) is 2.49. The van der Waals surface area contributed by atoms with Crippen molar-refractivity contribution in [2.45, 2.75) is 24.3 Å². The van der Waals surface area contributed by atoms with E-state index in [4.69, 9.17) is 34.8 Å². The molecule has 1 amide bonds. The largest absolute Gasteiger partial charge is 0.326 e. The highest BCUT2D eigenvalue weighted by molar-refractivity contribution is 7.92. The van der Waals surface area contributed by atoms with Crippen LogP contribution in [0.5, 0.6) is 0 Å². The Kier molecular flexibility index (Phi) is 8.24. The third-order valence-corrected chi connectivity index (χ3v) is 8.07. The Balaban J connectivity index is 1.30. The Morgan fingerprint density at radius 3 is 2.14 bits per heavy atom. The number of halogens is 3. The number of likely N-dealkylation sites (tertiary alicyclic amines) is 1. The van der Waals surface area contributed by atoms with Crippen molar-refractivity contribution >= 4 is 62.1 Å². The highest BCUT2D eigenvalue weighted by Gasteiger charge is 2.25. The zero-order valence-electron chi connectivity index (χ0n) is 18.7. The van der Waals surface area contributed by atoms with Gasteiger partial charge in [-0.3, -0.25) is 14.4 Å². The minimum Gasteiger partial charge on any atom is -0.326 e. The molecule has 0 bridgehead atoms. The van der Waals surface area contributed by atoms with Gasteiger partial charge < -0.3 is 5.32 Å². The summed E-state index contributed by atoms with van der Waals surface area (Å²) in [5.74, 6) is -0.147. The van der Waals surface area contributed by atoms with Crippen LogP contribution in [0.25, 0.3) is 0 Å². The van der Waals surface area contributed by atoms with Gasteiger partial charge in [0.1, 0.15) is 0 Å². The smallest absolute Gasteiger partial charge is 0.261 e. The number of nitrogens with one attached hydrogen (secondary N) is 2. The lowest BCUT2D eigenvalue weighted by Crippen LogP contribution is -2.37. The van der Waals surface area contributed by atoms with Gasteiger partial charge in [-0.05, 0) is 86.1 Å². The molecule has 1 aliphatic heterocycles. The molecule has 0 saturated carbocycles. The van der Waals surface area contributed by atoms with E-state index in [2.05, 4.69) is 14.9 Å². The summed E-state index contributed by atoms with van der Waals surface area (Å²) >= 11 is 17.9. The first-order chi connectivity index (χ1) is 16.7. The maximum Gasteiger partial charge on any atom is 0.261 e. The number of carbonyl (C=O) groups is 1. The molecule has 0 unspecified atom stereocenters. The Bertz CT molecular complexity index is 1290. The Hall–Kier alpha value is -2.29. The van der Waals surface area contributed by atoms with E-state index in [-0.39, 0.29) is 27.4 Å². The lowest BCUT2D eigenvalue weighted by Gasteiger charge is -2.31. The summed E-state index contributed by atoms with van der Waals surface area (Å²) in [7, 11) is -3.85. The maximum atomic E-state index is 12.8. The minimum absolute atomic E-state index is 0.0528. The fraction of sp³-hybridized carbons (Fsp3) is 0.240. The van der Waals surface area contributed by atoms with Gasteiger partial charge >= 0.3 is 0 Å². The molecule has 1 fully saturated rings. The Morgan fingerprint density at radius 2 is 1.51 bits per heavy atom. The summed E-state index contributed by atoms with van der Waals surface area (Å²) in [5, 5.41) is 4.23. The van der Waals surface area contributed by atoms with Crippen LogP contribution in [0.4, 0.5) is 11.4 Å². The fourth-order valence-electron chi connectivity index (χ4n) is 3.94. The van der Waals surface area contributed by atoms with Crippen molar-refractivity contribution in [1.82, 2.24) is 4.90 Å². The predicted molar refractivity (Wildman–Crippen MR) is 142 cm³/mol. The van der Waals surface area contributed by atoms with Crippen molar-refractivity contribution in [1.29, 1.82) is 0 Å². The summed E-state index contributed by atoms with van der Waals surface area (Å²) in [6.07, 6.45) is 1.52. The molecule has 0 aromatic heterocycles. The molecule has 1 aliphatic rings. The van der Waals surface area contributed by atoms with Gasteiger partial charge in [-0.2, -0.15) is 0 Å². The molecule has 3 aromatic rings. The number of sulfonamides is 1. The van der Waals surface area contributed by atoms with Crippen molar-refractivity contribution in [3.8, 4) is 0 Å². The molecule has 10 heteroatoms. The molecule has 6 nitrogen and oxygen atoms in total. The van der Waals surface area contributed by atoms with Crippen LogP contribution in [-0.4, -0.2) is 32.3 Å². The van der Waals surface area contributed by atoms with Crippen LogP contribution in [-0.2, 0) is 21.4 Å². The Labute approximate surface area is 220 Å². The van der Waals surface area contributed by atoms with Gasteiger partial charge in [-0.25, -0.2) is 8.42 Å². The highest BCUT2D eigenvalue weighted by atomic mass is 35.5. The van der Waals surface area contributed by atoms with Gasteiger partial charge in [0.15, 0.2) is 0 Å². The quantitative estimate of drug-likeness (QED) is 0.361. The number of amides is 1. The van der Waals surface area contributed by atoms with Gasteiger partial charge in [-0.15, -0.1) is 0 Å². The molecule has 35 heavy (non-hydrogen) atoms. The van der Waals surface area contributed by atoms with E-state index in [9.17, 15) is 13.2 Å².